The van der Waals surface area contributed by atoms with Crippen LogP contribution in [0.2, 0.25) is 5.02 Å². The highest BCUT2D eigenvalue weighted by Gasteiger charge is 2.33. The molecule has 4 aromatic rings. The number of rotatable bonds is 8. The molecular formula is C31H21BrClFN2O4S2. The number of anilines is 2. The van der Waals surface area contributed by atoms with Crippen molar-refractivity contribution in [3.63, 3.8) is 0 Å². The van der Waals surface area contributed by atoms with E-state index in [1.807, 2.05) is 24.3 Å². The highest BCUT2D eigenvalue weighted by atomic mass is 79.9. The maximum atomic E-state index is 13.5. The molecule has 42 heavy (non-hydrogen) atoms. The van der Waals surface area contributed by atoms with Crippen LogP contribution in [0.25, 0.3) is 6.08 Å². The Balaban J connectivity index is 1.34. The van der Waals surface area contributed by atoms with Gasteiger partial charge in [0.1, 0.15) is 12.4 Å². The van der Waals surface area contributed by atoms with Crippen LogP contribution in [-0.2, 0) is 11.4 Å². The summed E-state index contributed by atoms with van der Waals surface area (Å²) in [5.41, 5.74) is 2.74. The highest BCUT2D eigenvalue weighted by Crippen LogP contribution is 2.40. The fourth-order valence-corrected chi connectivity index (χ4v) is 6.16. The number of nitrogens with one attached hydrogen (secondary N) is 1. The Bertz CT molecular complexity index is 1730. The third-order valence-corrected chi connectivity index (χ3v) is 8.40. The molecule has 212 valence electrons. The number of nitrogens with zero attached hydrogens (tertiary/aromatic N) is 1. The van der Waals surface area contributed by atoms with E-state index in [0.717, 1.165) is 17.3 Å². The van der Waals surface area contributed by atoms with Gasteiger partial charge in [-0.25, -0.2) is 4.39 Å². The molecule has 1 aliphatic heterocycles. The van der Waals surface area contributed by atoms with Gasteiger partial charge in [-0.3, -0.25) is 14.5 Å². The second kappa shape index (κ2) is 13.1. The number of halogens is 3. The van der Waals surface area contributed by atoms with Crippen molar-refractivity contribution < 1.29 is 23.5 Å². The summed E-state index contributed by atoms with van der Waals surface area (Å²) in [6, 6.07) is 23.0. The molecule has 0 unspecified atom stereocenters. The molecule has 4 aromatic carbocycles. The SMILES string of the molecule is COc1cc(/C=C2/SC(=S)N(c3cccc(C(=O)Nc4ccc(F)cc4)c3)C2=O)cc(Br)c1OCc1ccccc1Cl. The smallest absolute Gasteiger partial charge is 0.270 e. The van der Waals surface area contributed by atoms with Crippen LogP contribution in [0, 0.1) is 5.82 Å². The van der Waals surface area contributed by atoms with Crippen molar-refractivity contribution in [2.75, 3.05) is 17.3 Å². The monoisotopic (exact) mass is 682 g/mol. The van der Waals surface area contributed by atoms with Crippen LogP contribution in [0.1, 0.15) is 21.5 Å². The first-order chi connectivity index (χ1) is 20.2. The number of hydrogen-bond acceptors (Lipinski definition) is 6. The number of benzene rings is 4. The van der Waals surface area contributed by atoms with E-state index in [-0.39, 0.29) is 12.5 Å². The third kappa shape index (κ3) is 6.68. The van der Waals surface area contributed by atoms with Gasteiger partial charge in [0.2, 0.25) is 0 Å². The molecule has 0 atom stereocenters. The van der Waals surface area contributed by atoms with E-state index < -0.39 is 11.7 Å². The number of amides is 2. The molecule has 1 saturated heterocycles. The molecule has 1 heterocycles. The Kier molecular flexibility index (Phi) is 9.27. The van der Waals surface area contributed by atoms with Crippen molar-refractivity contribution in [1.29, 1.82) is 0 Å². The van der Waals surface area contributed by atoms with E-state index in [1.54, 1.807) is 42.5 Å². The van der Waals surface area contributed by atoms with Crippen molar-refractivity contribution in [1.82, 2.24) is 0 Å². The first-order valence-corrected chi connectivity index (χ1v) is 14.8. The minimum absolute atomic E-state index is 0.244. The van der Waals surface area contributed by atoms with E-state index >= 15 is 0 Å². The van der Waals surface area contributed by atoms with E-state index in [9.17, 15) is 14.0 Å². The first kappa shape index (κ1) is 29.8. The summed E-state index contributed by atoms with van der Waals surface area (Å²) < 4.78 is 25.7. The lowest BCUT2D eigenvalue weighted by Crippen LogP contribution is -2.27. The van der Waals surface area contributed by atoms with Gasteiger partial charge in [0.25, 0.3) is 11.8 Å². The largest absolute Gasteiger partial charge is 0.493 e. The number of thioether (sulfide) groups is 1. The van der Waals surface area contributed by atoms with Gasteiger partial charge >= 0.3 is 0 Å². The molecule has 11 heteroatoms. The van der Waals surface area contributed by atoms with Crippen molar-refractivity contribution in [3.8, 4) is 11.5 Å². The average Bonchev–Trinajstić information content (AvgIpc) is 3.26. The van der Waals surface area contributed by atoms with E-state index in [0.29, 0.717) is 52.7 Å². The van der Waals surface area contributed by atoms with Gasteiger partial charge < -0.3 is 14.8 Å². The topological polar surface area (TPSA) is 67.9 Å². The molecule has 5 rings (SSSR count). The second-order valence-electron chi connectivity index (χ2n) is 8.94. The minimum Gasteiger partial charge on any atom is -0.493 e. The number of thiocarbonyl (C=S) groups is 1. The van der Waals surface area contributed by atoms with Crippen molar-refractivity contribution in [3.05, 3.63) is 122 Å². The Hall–Kier alpha value is -3.70. The Morgan fingerprint density at radius 2 is 1.86 bits per heavy atom. The van der Waals surface area contributed by atoms with Crippen LogP contribution < -0.4 is 19.7 Å². The summed E-state index contributed by atoms with van der Waals surface area (Å²) in [7, 11) is 1.53. The Morgan fingerprint density at radius 3 is 2.60 bits per heavy atom. The molecule has 0 radical (unpaired) electrons. The van der Waals surface area contributed by atoms with E-state index in [2.05, 4.69) is 21.2 Å². The summed E-state index contributed by atoms with van der Waals surface area (Å²) in [5, 5.41) is 3.32. The number of ether oxygens (including phenoxy) is 2. The normalized spacial score (nSPS) is 13.9. The van der Waals surface area contributed by atoms with Crippen LogP contribution >= 0.6 is 51.5 Å². The van der Waals surface area contributed by atoms with Gasteiger partial charge in [-0.15, -0.1) is 0 Å². The molecule has 0 spiro atoms. The van der Waals surface area contributed by atoms with Gasteiger partial charge in [0.05, 0.1) is 22.2 Å². The molecule has 6 nitrogen and oxygen atoms in total. The maximum absolute atomic E-state index is 13.5. The molecule has 0 aliphatic carbocycles. The molecular weight excluding hydrogens is 663 g/mol. The second-order valence-corrected chi connectivity index (χ2v) is 11.9. The predicted octanol–water partition coefficient (Wildman–Crippen LogP) is 8.49. The van der Waals surface area contributed by atoms with Crippen LogP contribution in [0.4, 0.5) is 15.8 Å². The fraction of sp³-hybridized carbons (Fsp3) is 0.0645. The summed E-state index contributed by atoms with van der Waals surface area (Å²) in [6.07, 6.45) is 1.72. The summed E-state index contributed by atoms with van der Waals surface area (Å²) >= 11 is 16.5. The number of carbonyl (C=O) groups is 2. The van der Waals surface area contributed by atoms with Crippen LogP contribution in [-0.4, -0.2) is 23.2 Å². The van der Waals surface area contributed by atoms with Crippen LogP contribution in [0.5, 0.6) is 11.5 Å². The number of methoxy groups -OCH3 is 1. The third-order valence-electron chi connectivity index (χ3n) is 6.14. The highest BCUT2D eigenvalue weighted by molar-refractivity contribution is 9.10. The Morgan fingerprint density at radius 1 is 1.10 bits per heavy atom. The first-order valence-electron chi connectivity index (χ1n) is 12.4. The maximum Gasteiger partial charge on any atom is 0.270 e. The average molecular weight is 684 g/mol. The fourth-order valence-electron chi connectivity index (χ4n) is 4.09. The molecule has 1 N–H and O–H groups in total. The van der Waals surface area contributed by atoms with Crippen LogP contribution in [0.15, 0.2) is 94.3 Å². The zero-order valence-electron chi connectivity index (χ0n) is 21.9. The molecule has 1 aliphatic rings. The lowest BCUT2D eigenvalue weighted by molar-refractivity contribution is -0.113. The standard InChI is InChI=1S/C31H21BrClFN2O4S2/c1-39-26-14-18(13-24(32)28(26)40-17-20-5-2-3-8-25(20)33)15-27-30(38)36(31(41)42-27)23-7-4-6-19(16-23)29(37)35-22-11-9-21(34)10-12-22/h2-16H,17H2,1H3,(H,35,37)/b27-15+. The van der Waals surface area contributed by atoms with Crippen molar-refractivity contribution in [2.24, 2.45) is 0 Å². The van der Waals surface area contributed by atoms with E-state index in [4.69, 9.17) is 33.3 Å². The number of carbonyl (C=O) groups excluding carboxylic acids is 2. The lowest BCUT2D eigenvalue weighted by Gasteiger charge is -2.16. The quantitative estimate of drug-likeness (QED) is 0.148. The van der Waals surface area contributed by atoms with Gasteiger partial charge in [-0.05, 0) is 88.2 Å². The van der Waals surface area contributed by atoms with Gasteiger partial charge in [0, 0.05) is 21.8 Å². The van der Waals surface area contributed by atoms with Crippen molar-refractivity contribution >= 4 is 85.1 Å². The van der Waals surface area contributed by atoms with Gasteiger partial charge in [0.15, 0.2) is 15.8 Å². The van der Waals surface area contributed by atoms with Crippen LogP contribution in [0.3, 0.4) is 0 Å². The minimum atomic E-state index is -0.404. The predicted molar refractivity (Wildman–Crippen MR) is 173 cm³/mol. The van der Waals surface area contributed by atoms with E-state index in [1.165, 1.54) is 36.3 Å². The van der Waals surface area contributed by atoms with Gasteiger partial charge in [-0.1, -0.05) is 59.8 Å². The molecule has 0 aromatic heterocycles. The zero-order chi connectivity index (χ0) is 29.8. The summed E-state index contributed by atoms with van der Waals surface area (Å²) in [4.78, 5) is 28.0. The lowest BCUT2D eigenvalue weighted by atomic mass is 10.1. The zero-order valence-corrected chi connectivity index (χ0v) is 25.9. The van der Waals surface area contributed by atoms with Gasteiger partial charge in [-0.2, -0.15) is 0 Å². The molecule has 0 saturated carbocycles. The molecule has 1 fully saturated rings. The molecule has 2 amide bonds. The molecule has 0 bridgehead atoms. The number of hydrogen-bond donors (Lipinski definition) is 1. The Labute approximate surface area is 264 Å². The van der Waals surface area contributed by atoms with Crippen molar-refractivity contribution in [2.45, 2.75) is 6.61 Å². The summed E-state index contributed by atoms with van der Waals surface area (Å²) in [6.45, 7) is 0.244. The summed E-state index contributed by atoms with van der Waals surface area (Å²) in [5.74, 6) is -0.162.